The van der Waals surface area contributed by atoms with Crippen molar-refractivity contribution in [2.75, 3.05) is 7.11 Å². The van der Waals surface area contributed by atoms with E-state index >= 15 is 0 Å². The highest BCUT2D eigenvalue weighted by molar-refractivity contribution is 5.69. The third-order valence-corrected chi connectivity index (χ3v) is 4.21. The number of esters is 1. The van der Waals surface area contributed by atoms with Crippen LogP contribution in [0.2, 0.25) is 0 Å². The molecule has 29 heavy (non-hydrogen) atoms. The highest BCUT2D eigenvalue weighted by Crippen LogP contribution is 2.21. The van der Waals surface area contributed by atoms with Crippen LogP contribution in [0, 0.1) is 6.92 Å². The number of benzene rings is 1. The molecular weight excluding hydrogens is 370 g/mol. The Morgan fingerprint density at radius 1 is 1.17 bits per heavy atom. The van der Waals surface area contributed by atoms with Gasteiger partial charge in [0.1, 0.15) is 23.4 Å². The van der Waals surface area contributed by atoms with Crippen molar-refractivity contribution in [2.45, 2.75) is 52.8 Å². The van der Waals surface area contributed by atoms with Gasteiger partial charge in [-0.3, -0.25) is 9.48 Å². The van der Waals surface area contributed by atoms with Crippen molar-refractivity contribution >= 4 is 5.97 Å². The molecule has 0 radical (unpaired) electrons. The van der Waals surface area contributed by atoms with Crippen LogP contribution in [0.4, 0.5) is 0 Å². The zero-order valence-corrected chi connectivity index (χ0v) is 17.5. The zero-order chi connectivity index (χ0) is 21.0. The molecule has 0 saturated carbocycles. The highest BCUT2D eigenvalue weighted by Gasteiger charge is 2.19. The summed E-state index contributed by atoms with van der Waals surface area (Å²) >= 11 is 0. The largest absolute Gasteiger partial charge is 0.497 e. The number of rotatable bonds is 7. The van der Waals surface area contributed by atoms with Gasteiger partial charge in [-0.25, -0.2) is 0 Å². The van der Waals surface area contributed by atoms with E-state index in [1.807, 2.05) is 62.6 Å². The Bertz CT molecular complexity index is 967. The summed E-state index contributed by atoms with van der Waals surface area (Å²) in [5.41, 5.74) is 2.27. The van der Waals surface area contributed by atoms with Gasteiger partial charge < -0.3 is 14.0 Å². The fraction of sp³-hybridized carbons (Fsp3) is 0.429. The maximum atomic E-state index is 12.1. The second kappa shape index (κ2) is 8.46. The van der Waals surface area contributed by atoms with E-state index in [0.717, 1.165) is 22.7 Å². The summed E-state index contributed by atoms with van der Waals surface area (Å²) in [4.78, 5) is 12.1. The SMILES string of the molecule is COc1ccc(Cn2cnnc2-c2cc(C)nn2CCC(=O)OC(C)(C)C)cc1. The number of hydrogen-bond donors (Lipinski definition) is 0. The second-order valence-electron chi connectivity index (χ2n) is 7.86. The normalized spacial score (nSPS) is 11.5. The molecule has 0 fully saturated rings. The lowest BCUT2D eigenvalue weighted by molar-refractivity contribution is -0.155. The van der Waals surface area contributed by atoms with Crippen molar-refractivity contribution in [1.82, 2.24) is 24.5 Å². The highest BCUT2D eigenvalue weighted by atomic mass is 16.6. The fourth-order valence-electron chi connectivity index (χ4n) is 2.98. The van der Waals surface area contributed by atoms with Gasteiger partial charge in [0.15, 0.2) is 5.82 Å². The molecule has 3 rings (SSSR count). The van der Waals surface area contributed by atoms with Gasteiger partial charge in [0, 0.05) is 0 Å². The summed E-state index contributed by atoms with van der Waals surface area (Å²) in [7, 11) is 1.65. The first-order valence-corrected chi connectivity index (χ1v) is 9.52. The molecule has 0 bridgehead atoms. The van der Waals surface area contributed by atoms with Crippen molar-refractivity contribution in [3.05, 3.63) is 47.9 Å². The van der Waals surface area contributed by atoms with Gasteiger partial charge in [0.2, 0.25) is 0 Å². The maximum Gasteiger partial charge on any atom is 0.308 e. The van der Waals surface area contributed by atoms with E-state index in [9.17, 15) is 4.79 Å². The fourth-order valence-corrected chi connectivity index (χ4v) is 2.98. The molecule has 8 nitrogen and oxygen atoms in total. The summed E-state index contributed by atoms with van der Waals surface area (Å²) in [6.45, 7) is 8.51. The number of carbonyl (C=O) groups excluding carboxylic acids is 1. The molecule has 0 aliphatic rings. The Morgan fingerprint density at radius 2 is 1.90 bits per heavy atom. The lowest BCUT2D eigenvalue weighted by atomic mass is 10.2. The van der Waals surface area contributed by atoms with Crippen LogP contribution in [0.5, 0.6) is 5.75 Å². The van der Waals surface area contributed by atoms with Crippen LogP contribution in [0.3, 0.4) is 0 Å². The topological polar surface area (TPSA) is 84.1 Å². The molecular formula is C21H27N5O3. The number of carbonyl (C=O) groups is 1. The minimum absolute atomic E-state index is 0.234. The molecule has 0 N–H and O–H groups in total. The first-order valence-electron chi connectivity index (χ1n) is 9.52. The smallest absolute Gasteiger partial charge is 0.308 e. The molecule has 1 aromatic carbocycles. The first kappa shape index (κ1) is 20.6. The predicted octanol–water partition coefficient (Wildman–Crippen LogP) is 3.24. The molecule has 0 spiro atoms. The minimum atomic E-state index is -0.502. The summed E-state index contributed by atoms with van der Waals surface area (Å²) in [6, 6.07) is 9.81. The van der Waals surface area contributed by atoms with Crippen molar-refractivity contribution in [2.24, 2.45) is 0 Å². The molecule has 0 aliphatic carbocycles. The van der Waals surface area contributed by atoms with Gasteiger partial charge in [-0.15, -0.1) is 10.2 Å². The molecule has 2 heterocycles. The third-order valence-electron chi connectivity index (χ3n) is 4.21. The standard InChI is InChI=1S/C21H27N5O3/c1-15-12-18(26(24-15)11-10-19(27)29-21(2,3)4)20-23-22-14-25(20)13-16-6-8-17(28-5)9-7-16/h6-9,12,14H,10-11,13H2,1-5H3. The van der Waals surface area contributed by atoms with Gasteiger partial charge in [-0.05, 0) is 51.5 Å². The Kier molecular flexibility index (Phi) is 6.00. The lowest BCUT2D eigenvalue weighted by Gasteiger charge is -2.19. The van der Waals surface area contributed by atoms with Crippen LogP contribution in [0.25, 0.3) is 11.5 Å². The molecule has 0 amide bonds. The Morgan fingerprint density at radius 3 is 2.55 bits per heavy atom. The quantitative estimate of drug-likeness (QED) is 0.569. The number of ether oxygens (including phenoxy) is 2. The summed E-state index contributed by atoms with van der Waals surface area (Å²) < 4.78 is 14.4. The monoisotopic (exact) mass is 397 g/mol. The molecule has 0 aliphatic heterocycles. The van der Waals surface area contributed by atoms with E-state index in [1.165, 1.54) is 0 Å². The average Bonchev–Trinajstić information content (AvgIpc) is 3.25. The van der Waals surface area contributed by atoms with E-state index in [-0.39, 0.29) is 12.4 Å². The molecule has 0 saturated heterocycles. The van der Waals surface area contributed by atoms with Gasteiger partial charge in [-0.1, -0.05) is 12.1 Å². The summed E-state index contributed by atoms with van der Waals surface area (Å²) in [5.74, 6) is 1.26. The van der Waals surface area contributed by atoms with Crippen LogP contribution in [0.15, 0.2) is 36.7 Å². The first-order chi connectivity index (χ1) is 13.7. The predicted molar refractivity (Wildman–Crippen MR) is 109 cm³/mol. The van der Waals surface area contributed by atoms with Crippen molar-refractivity contribution < 1.29 is 14.3 Å². The van der Waals surface area contributed by atoms with Crippen LogP contribution in [-0.2, 0) is 22.6 Å². The number of nitrogens with zero attached hydrogens (tertiary/aromatic N) is 5. The third kappa shape index (κ3) is 5.43. The molecule has 3 aromatic rings. The maximum absolute atomic E-state index is 12.1. The van der Waals surface area contributed by atoms with Crippen LogP contribution >= 0.6 is 0 Å². The van der Waals surface area contributed by atoms with Crippen molar-refractivity contribution in [1.29, 1.82) is 0 Å². The number of hydrogen-bond acceptors (Lipinski definition) is 6. The molecule has 0 atom stereocenters. The Hall–Kier alpha value is -3.16. The van der Waals surface area contributed by atoms with E-state index in [1.54, 1.807) is 18.1 Å². The minimum Gasteiger partial charge on any atom is -0.497 e. The summed E-state index contributed by atoms with van der Waals surface area (Å²) in [5, 5.41) is 12.9. The molecule has 2 aromatic heterocycles. The zero-order valence-electron chi connectivity index (χ0n) is 17.5. The van der Waals surface area contributed by atoms with E-state index in [0.29, 0.717) is 18.9 Å². The lowest BCUT2D eigenvalue weighted by Crippen LogP contribution is -2.24. The second-order valence-corrected chi connectivity index (χ2v) is 7.86. The van der Waals surface area contributed by atoms with Crippen LogP contribution in [-0.4, -0.2) is 43.2 Å². The number of aryl methyl sites for hydroxylation is 2. The number of methoxy groups -OCH3 is 1. The number of aromatic nitrogens is 5. The van der Waals surface area contributed by atoms with Crippen LogP contribution in [0.1, 0.15) is 38.4 Å². The molecule has 8 heteroatoms. The van der Waals surface area contributed by atoms with Crippen LogP contribution < -0.4 is 4.74 Å². The van der Waals surface area contributed by atoms with Crippen molar-refractivity contribution in [3.8, 4) is 17.3 Å². The van der Waals surface area contributed by atoms with Gasteiger partial charge >= 0.3 is 5.97 Å². The van der Waals surface area contributed by atoms with Crippen molar-refractivity contribution in [3.63, 3.8) is 0 Å². The van der Waals surface area contributed by atoms with E-state index in [4.69, 9.17) is 9.47 Å². The average molecular weight is 397 g/mol. The van der Waals surface area contributed by atoms with Gasteiger partial charge in [0.05, 0.1) is 32.3 Å². The van der Waals surface area contributed by atoms with E-state index in [2.05, 4.69) is 15.3 Å². The van der Waals surface area contributed by atoms with E-state index < -0.39 is 5.60 Å². The Labute approximate surface area is 170 Å². The molecule has 154 valence electrons. The molecule has 0 unspecified atom stereocenters. The summed E-state index contributed by atoms with van der Waals surface area (Å²) in [6.07, 6.45) is 1.93. The Balaban J connectivity index is 1.78. The van der Waals surface area contributed by atoms with Gasteiger partial charge in [0.25, 0.3) is 0 Å². The van der Waals surface area contributed by atoms with Gasteiger partial charge in [-0.2, -0.15) is 5.10 Å².